The lowest BCUT2D eigenvalue weighted by Crippen LogP contribution is -2.08. The van der Waals surface area contributed by atoms with E-state index in [9.17, 15) is 4.79 Å². The molecule has 1 aliphatic heterocycles. The summed E-state index contributed by atoms with van der Waals surface area (Å²) in [6.07, 6.45) is 0.826. The molecule has 1 aliphatic rings. The van der Waals surface area contributed by atoms with E-state index < -0.39 is 0 Å². The van der Waals surface area contributed by atoms with E-state index in [0.29, 0.717) is 0 Å². The topological polar surface area (TPSA) is 41.5 Å². The lowest BCUT2D eigenvalue weighted by Gasteiger charge is -2.16. The van der Waals surface area contributed by atoms with Crippen molar-refractivity contribution < 1.29 is 4.79 Å². The molecule has 3 aromatic rings. The van der Waals surface area contributed by atoms with Crippen LogP contribution in [0.15, 0.2) is 88.8 Å². The van der Waals surface area contributed by atoms with Crippen molar-refractivity contribution in [3.05, 3.63) is 90.0 Å². The maximum absolute atomic E-state index is 11.4. The second-order valence-electron chi connectivity index (χ2n) is 6.51. The van der Waals surface area contributed by atoms with Crippen LogP contribution >= 0.6 is 11.8 Å². The highest BCUT2D eigenvalue weighted by Crippen LogP contribution is 2.45. The minimum Gasteiger partial charge on any atom is -0.326 e. The highest BCUT2D eigenvalue weighted by atomic mass is 32.2. The van der Waals surface area contributed by atoms with E-state index in [1.165, 1.54) is 17.4 Å². The van der Waals surface area contributed by atoms with Crippen LogP contribution in [0.25, 0.3) is 0 Å². The van der Waals surface area contributed by atoms with Gasteiger partial charge in [0.25, 0.3) is 0 Å². The number of amides is 1. The van der Waals surface area contributed by atoms with Crippen molar-refractivity contribution in [2.75, 3.05) is 5.32 Å². The molecule has 0 saturated carbocycles. The van der Waals surface area contributed by atoms with E-state index in [0.717, 1.165) is 29.1 Å². The van der Waals surface area contributed by atoms with Gasteiger partial charge in [0.2, 0.25) is 5.91 Å². The van der Waals surface area contributed by atoms with Crippen LogP contribution in [-0.2, 0) is 4.79 Å². The lowest BCUT2D eigenvalue weighted by atomic mass is 10.0. The first kappa shape index (κ1) is 17.6. The van der Waals surface area contributed by atoms with Gasteiger partial charge in [0.05, 0.1) is 5.69 Å². The number of rotatable bonds is 3. The molecule has 0 bridgehead atoms. The molecule has 27 heavy (non-hydrogen) atoms. The van der Waals surface area contributed by atoms with Crippen molar-refractivity contribution in [3.63, 3.8) is 0 Å². The normalized spacial score (nSPS) is 16.0. The van der Waals surface area contributed by atoms with Gasteiger partial charge in [-0.2, -0.15) is 0 Å². The van der Waals surface area contributed by atoms with E-state index >= 15 is 0 Å². The van der Waals surface area contributed by atoms with Gasteiger partial charge in [-0.3, -0.25) is 9.79 Å². The molecule has 1 heterocycles. The van der Waals surface area contributed by atoms with Crippen molar-refractivity contribution in [1.29, 1.82) is 0 Å². The Bertz CT molecular complexity index is 998. The van der Waals surface area contributed by atoms with Gasteiger partial charge in [-0.15, -0.1) is 11.8 Å². The fraction of sp³-hybridized carbons (Fsp3) is 0.130. The van der Waals surface area contributed by atoms with E-state index in [4.69, 9.17) is 4.99 Å². The second kappa shape index (κ2) is 7.80. The van der Waals surface area contributed by atoms with E-state index in [1.54, 1.807) is 0 Å². The van der Waals surface area contributed by atoms with E-state index in [1.807, 2.05) is 42.1 Å². The molecular weight excluding hydrogens is 352 g/mol. The predicted octanol–water partition coefficient (Wildman–Crippen LogP) is 6.00. The summed E-state index contributed by atoms with van der Waals surface area (Å²) < 4.78 is 0. The molecule has 0 radical (unpaired) electrons. The zero-order valence-corrected chi connectivity index (χ0v) is 15.9. The molecule has 4 rings (SSSR count). The Morgan fingerprint density at radius 2 is 1.78 bits per heavy atom. The van der Waals surface area contributed by atoms with Crippen LogP contribution in [0.1, 0.15) is 29.7 Å². The average Bonchev–Trinajstić information content (AvgIpc) is 2.88. The van der Waals surface area contributed by atoms with Crippen LogP contribution in [0.4, 0.5) is 11.4 Å². The first-order chi connectivity index (χ1) is 13.2. The molecule has 3 nitrogen and oxygen atoms in total. The Morgan fingerprint density at radius 1 is 1.00 bits per heavy atom. The molecule has 0 unspecified atom stereocenters. The number of nitrogens with zero attached hydrogens (tertiary/aromatic N) is 1. The van der Waals surface area contributed by atoms with Gasteiger partial charge in [0.1, 0.15) is 0 Å². The highest BCUT2D eigenvalue weighted by Gasteiger charge is 2.22. The number of nitrogens with one attached hydrogen (secondary N) is 1. The fourth-order valence-corrected chi connectivity index (χ4v) is 4.46. The summed E-state index contributed by atoms with van der Waals surface area (Å²) in [5.74, 6) is -0.0713. The van der Waals surface area contributed by atoms with Crippen LogP contribution in [0, 0.1) is 0 Å². The van der Waals surface area contributed by atoms with Gasteiger partial charge in [0.15, 0.2) is 0 Å². The molecule has 0 aliphatic carbocycles. The third-order valence-electron chi connectivity index (χ3n) is 4.46. The van der Waals surface area contributed by atoms with Crippen molar-refractivity contribution in [2.45, 2.75) is 23.5 Å². The van der Waals surface area contributed by atoms with Gasteiger partial charge < -0.3 is 5.32 Å². The molecule has 0 saturated heterocycles. The number of benzene rings is 3. The second-order valence-corrected chi connectivity index (χ2v) is 7.75. The number of carbonyl (C=O) groups is 1. The van der Waals surface area contributed by atoms with Crippen LogP contribution in [0.2, 0.25) is 0 Å². The molecule has 0 spiro atoms. The van der Waals surface area contributed by atoms with Crippen LogP contribution in [-0.4, -0.2) is 11.6 Å². The van der Waals surface area contributed by atoms with E-state index in [-0.39, 0.29) is 11.2 Å². The predicted molar refractivity (Wildman–Crippen MR) is 113 cm³/mol. The number of hydrogen-bond donors (Lipinski definition) is 1. The monoisotopic (exact) mass is 372 g/mol. The van der Waals surface area contributed by atoms with Gasteiger partial charge >= 0.3 is 0 Å². The number of fused-ring (bicyclic) bond motifs is 1. The van der Waals surface area contributed by atoms with Gasteiger partial charge in [-0.25, -0.2) is 0 Å². The van der Waals surface area contributed by atoms with Crippen LogP contribution < -0.4 is 5.32 Å². The van der Waals surface area contributed by atoms with Gasteiger partial charge in [0, 0.05) is 34.9 Å². The average molecular weight is 372 g/mol. The molecule has 134 valence electrons. The Morgan fingerprint density at radius 3 is 2.59 bits per heavy atom. The number of hydrogen-bond acceptors (Lipinski definition) is 3. The molecule has 1 atom stereocenters. The SMILES string of the molecule is CC(=O)Nc1cccc(C2=Nc3ccccc3S[C@@H](c3ccccc3)C2)c1. The summed E-state index contributed by atoms with van der Waals surface area (Å²) in [4.78, 5) is 17.6. The largest absolute Gasteiger partial charge is 0.326 e. The molecule has 1 N–H and O–H groups in total. The molecular formula is C23H20N2OS. The Hall–Kier alpha value is -2.85. The van der Waals surface area contributed by atoms with Crippen LogP contribution in [0.5, 0.6) is 0 Å². The molecule has 3 aromatic carbocycles. The fourth-order valence-electron chi connectivity index (χ4n) is 3.23. The summed E-state index contributed by atoms with van der Waals surface area (Å²) in [5.41, 5.74) is 5.17. The van der Waals surface area contributed by atoms with Gasteiger partial charge in [-0.05, 0) is 35.4 Å². The Labute approximate surface area is 163 Å². The number of aliphatic imine (C=N–C) groups is 1. The maximum Gasteiger partial charge on any atom is 0.221 e. The van der Waals surface area contributed by atoms with Crippen LogP contribution in [0.3, 0.4) is 0 Å². The third-order valence-corrected chi connectivity index (χ3v) is 5.78. The third kappa shape index (κ3) is 4.12. The summed E-state index contributed by atoms with van der Waals surface area (Å²) in [7, 11) is 0. The lowest BCUT2D eigenvalue weighted by molar-refractivity contribution is -0.114. The molecule has 0 aromatic heterocycles. The summed E-state index contributed by atoms with van der Waals surface area (Å²) in [6.45, 7) is 1.52. The highest BCUT2D eigenvalue weighted by molar-refractivity contribution is 7.99. The zero-order chi connectivity index (χ0) is 18.6. The molecule has 4 heteroatoms. The number of carbonyl (C=O) groups excluding carboxylic acids is 1. The number of anilines is 1. The Balaban J connectivity index is 1.76. The van der Waals surface area contributed by atoms with Crippen molar-refractivity contribution in [1.82, 2.24) is 0 Å². The smallest absolute Gasteiger partial charge is 0.221 e. The number of thioether (sulfide) groups is 1. The zero-order valence-electron chi connectivity index (χ0n) is 15.1. The first-order valence-electron chi connectivity index (χ1n) is 8.95. The van der Waals surface area contributed by atoms with Crippen molar-refractivity contribution in [3.8, 4) is 0 Å². The van der Waals surface area contributed by atoms with Crippen molar-refractivity contribution in [2.24, 2.45) is 4.99 Å². The minimum absolute atomic E-state index is 0.0713. The molecule has 0 fully saturated rings. The quantitative estimate of drug-likeness (QED) is 0.612. The first-order valence-corrected chi connectivity index (χ1v) is 9.83. The Kier molecular flexibility index (Phi) is 5.07. The molecule has 1 amide bonds. The van der Waals surface area contributed by atoms with E-state index in [2.05, 4.69) is 53.8 Å². The standard InChI is InChI=1S/C23H20N2OS/c1-16(26)24-19-11-7-10-18(14-19)21-15-23(17-8-3-2-4-9-17)27-22-13-6-5-12-20(22)25-21/h2-14,23H,15H2,1H3,(H,24,26)/t23-/m1/s1. The van der Waals surface area contributed by atoms with Crippen molar-refractivity contribution >= 4 is 34.8 Å². The summed E-state index contributed by atoms with van der Waals surface area (Å²) in [6, 6.07) is 26.8. The summed E-state index contributed by atoms with van der Waals surface area (Å²) >= 11 is 1.86. The number of para-hydroxylation sites is 1. The summed E-state index contributed by atoms with van der Waals surface area (Å²) in [5, 5.41) is 3.15. The van der Waals surface area contributed by atoms with Gasteiger partial charge in [-0.1, -0.05) is 54.6 Å². The maximum atomic E-state index is 11.4. The minimum atomic E-state index is -0.0713.